The van der Waals surface area contributed by atoms with Gasteiger partial charge in [-0.05, 0) is 24.0 Å². The first kappa shape index (κ1) is 13.7. The first-order valence-electron chi connectivity index (χ1n) is 6.80. The molecule has 1 aliphatic heterocycles. The van der Waals surface area contributed by atoms with Crippen LogP contribution in [0.3, 0.4) is 0 Å². The van der Waals surface area contributed by atoms with Crippen molar-refractivity contribution in [2.24, 2.45) is 11.8 Å². The number of nitrogens with zero attached hydrogens (tertiary/aromatic N) is 2. The van der Waals surface area contributed by atoms with Crippen molar-refractivity contribution in [1.82, 2.24) is 9.80 Å². The normalized spacial score (nSPS) is 27.9. The quantitative estimate of drug-likeness (QED) is 0.694. The lowest BCUT2D eigenvalue weighted by Crippen LogP contribution is -2.53. The second-order valence-electron chi connectivity index (χ2n) is 5.19. The molecule has 0 aromatic heterocycles. The number of amides is 3. The fraction of sp³-hybridized carbons (Fsp3) is 0.846. The van der Waals surface area contributed by atoms with Crippen LogP contribution in [0.5, 0.6) is 0 Å². The van der Waals surface area contributed by atoms with Gasteiger partial charge >= 0.3 is 6.03 Å². The standard InChI is InChI=1S/C13H22N2O2S/c1-3-18-7-6-15-12(16)4-5-14(13(15)17)9-11-8-10(11)2/h10-11H,3-9H2,1-2H3/t10-,11+/m1/s1. The van der Waals surface area contributed by atoms with Gasteiger partial charge in [0, 0.05) is 31.8 Å². The first-order chi connectivity index (χ1) is 8.63. The van der Waals surface area contributed by atoms with Gasteiger partial charge in [-0.15, -0.1) is 0 Å². The van der Waals surface area contributed by atoms with Gasteiger partial charge in [-0.1, -0.05) is 13.8 Å². The fourth-order valence-electron chi connectivity index (χ4n) is 2.37. The van der Waals surface area contributed by atoms with Gasteiger partial charge in [0.05, 0.1) is 0 Å². The molecular weight excluding hydrogens is 248 g/mol. The molecule has 18 heavy (non-hydrogen) atoms. The van der Waals surface area contributed by atoms with E-state index in [2.05, 4.69) is 13.8 Å². The molecule has 0 radical (unpaired) electrons. The van der Waals surface area contributed by atoms with E-state index in [-0.39, 0.29) is 11.9 Å². The largest absolute Gasteiger partial charge is 0.326 e. The summed E-state index contributed by atoms with van der Waals surface area (Å²) in [6.45, 7) is 6.32. The first-order valence-corrected chi connectivity index (χ1v) is 7.96. The highest BCUT2D eigenvalue weighted by molar-refractivity contribution is 7.99. The van der Waals surface area contributed by atoms with Gasteiger partial charge < -0.3 is 4.90 Å². The maximum absolute atomic E-state index is 12.2. The molecule has 1 saturated heterocycles. The van der Waals surface area contributed by atoms with Crippen molar-refractivity contribution in [2.75, 3.05) is 31.1 Å². The van der Waals surface area contributed by atoms with E-state index in [0.29, 0.717) is 25.4 Å². The lowest BCUT2D eigenvalue weighted by Gasteiger charge is -2.34. The zero-order valence-electron chi connectivity index (χ0n) is 11.2. The molecule has 2 fully saturated rings. The Morgan fingerprint density at radius 2 is 2.11 bits per heavy atom. The minimum absolute atomic E-state index is 0.00296. The van der Waals surface area contributed by atoms with E-state index in [1.165, 1.54) is 11.3 Å². The maximum Gasteiger partial charge on any atom is 0.326 e. The van der Waals surface area contributed by atoms with Crippen LogP contribution in [0.1, 0.15) is 26.7 Å². The number of urea groups is 1. The zero-order chi connectivity index (χ0) is 13.1. The molecule has 0 aromatic rings. The monoisotopic (exact) mass is 270 g/mol. The van der Waals surface area contributed by atoms with Crippen molar-refractivity contribution in [3.63, 3.8) is 0 Å². The topological polar surface area (TPSA) is 40.6 Å². The van der Waals surface area contributed by atoms with Gasteiger partial charge in [-0.25, -0.2) is 4.79 Å². The van der Waals surface area contributed by atoms with E-state index < -0.39 is 0 Å². The third-order valence-electron chi connectivity index (χ3n) is 3.79. The van der Waals surface area contributed by atoms with Crippen LogP contribution in [-0.4, -0.2) is 52.9 Å². The smallest absolute Gasteiger partial charge is 0.323 e. The van der Waals surface area contributed by atoms with Crippen LogP contribution in [0, 0.1) is 11.8 Å². The summed E-state index contributed by atoms with van der Waals surface area (Å²) < 4.78 is 0. The number of hydrogen-bond donors (Lipinski definition) is 0. The van der Waals surface area contributed by atoms with Gasteiger partial charge in [0.25, 0.3) is 0 Å². The van der Waals surface area contributed by atoms with Crippen LogP contribution < -0.4 is 0 Å². The summed E-state index contributed by atoms with van der Waals surface area (Å²) >= 11 is 1.77. The molecule has 1 saturated carbocycles. The molecule has 4 nitrogen and oxygen atoms in total. The summed E-state index contributed by atoms with van der Waals surface area (Å²) in [5.74, 6) is 3.28. The molecule has 2 atom stereocenters. The van der Waals surface area contributed by atoms with E-state index in [0.717, 1.165) is 24.0 Å². The highest BCUT2D eigenvalue weighted by Crippen LogP contribution is 2.38. The van der Waals surface area contributed by atoms with E-state index in [1.54, 1.807) is 11.8 Å². The van der Waals surface area contributed by atoms with Crippen molar-refractivity contribution in [2.45, 2.75) is 26.7 Å². The predicted octanol–water partition coefficient (Wildman–Crippen LogP) is 2.05. The number of thioether (sulfide) groups is 1. The molecule has 0 bridgehead atoms. The molecule has 1 aliphatic carbocycles. The Kier molecular flexibility index (Phi) is 4.54. The summed E-state index contributed by atoms with van der Waals surface area (Å²) in [5, 5.41) is 0. The van der Waals surface area contributed by atoms with Gasteiger partial charge in [-0.3, -0.25) is 9.69 Å². The zero-order valence-corrected chi connectivity index (χ0v) is 12.0. The third-order valence-corrected chi connectivity index (χ3v) is 4.67. The Morgan fingerprint density at radius 1 is 1.39 bits per heavy atom. The molecule has 0 unspecified atom stereocenters. The van der Waals surface area contributed by atoms with Crippen molar-refractivity contribution < 1.29 is 9.59 Å². The second kappa shape index (κ2) is 5.95. The molecule has 102 valence electrons. The second-order valence-corrected chi connectivity index (χ2v) is 6.59. The molecule has 0 N–H and O–H groups in total. The van der Waals surface area contributed by atoms with Crippen LogP contribution in [0.25, 0.3) is 0 Å². The Balaban J connectivity index is 1.86. The number of carbonyl (C=O) groups is 2. The average molecular weight is 270 g/mol. The molecule has 1 heterocycles. The highest BCUT2D eigenvalue weighted by Gasteiger charge is 2.38. The summed E-state index contributed by atoms with van der Waals surface area (Å²) in [7, 11) is 0. The minimum Gasteiger partial charge on any atom is -0.323 e. The Bertz CT molecular complexity index is 335. The van der Waals surface area contributed by atoms with Crippen molar-refractivity contribution in [3.05, 3.63) is 0 Å². The molecule has 3 amide bonds. The lowest BCUT2D eigenvalue weighted by molar-refractivity contribution is -0.130. The number of hydrogen-bond acceptors (Lipinski definition) is 3. The Morgan fingerprint density at radius 3 is 2.72 bits per heavy atom. The summed E-state index contributed by atoms with van der Waals surface area (Å²) in [4.78, 5) is 27.3. The lowest BCUT2D eigenvalue weighted by atomic mass is 10.2. The number of carbonyl (C=O) groups excluding carboxylic acids is 2. The molecule has 2 rings (SSSR count). The van der Waals surface area contributed by atoms with Crippen LogP contribution in [0.4, 0.5) is 4.79 Å². The van der Waals surface area contributed by atoms with Gasteiger partial charge in [0.1, 0.15) is 0 Å². The van der Waals surface area contributed by atoms with Gasteiger partial charge in [0.2, 0.25) is 5.91 Å². The molecular formula is C13H22N2O2S. The third kappa shape index (κ3) is 3.19. The molecule has 0 aromatic carbocycles. The van der Waals surface area contributed by atoms with E-state index >= 15 is 0 Å². The summed E-state index contributed by atoms with van der Waals surface area (Å²) in [6.07, 6.45) is 1.72. The van der Waals surface area contributed by atoms with E-state index in [9.17, 15) is 9.59 Å². The summed E-state index contributed by atoms with van der Waals surface area (Å²) in [5.41, 5.74) is 0. The fourth-order valence-corrected chi connectivity index (χ4v) is 2.97. The Hall–Kier alpha value is -0.710. The van der Waals surface area contributed by atoms with Crippen LogP contribution in [-0.2, 0) is 4.79 Å². The number of imide groups is 1. The SMILES string of the molecule is CCSCCN1C(=O)CCN(C[C@@H]2C[C@H]2C)C1=O. The average Bonchev–Trinajstić information content (AvgIpc) is 3.03. The Labute approximate surface area is 113 Å². The van der Waals surface area contributed by atoms with Crippen LogP contribution >= 0.6 is 11.8 Å². The molecule has 0 spiro atoms. The van der Waals surface area contributed by atoms with Crippen molar-refractivity contribution in [1.29, 1.82) is 0 Å². The van der Waals surface area contributed by atoms with Crippen molar-refractivity contribution >= 4 is 23.7 Å². The van der Waals surface area contributed by atoms with E-state index in [1.807, 2.05) is 4.90 Å². The predicted molar refractivity (Wildman–Crippen MR) is 73.6 cm³/mol. The maximum atomic E-state index is 12.2. The van der Waals surface area contributed by atoms with Gasteiger partial charge in [0.15, 0.2) is 0 Å². The van der Waals surface area contributed by atoms with E-state index in [4.69, 9.17) is 0 Å². The molecule has 2 aliphatic rings. The number of rotatable bonds is 6. The van der Waals surface area contributed by atoms with Crippen molar-refractivity contribution in [3.8, 4) is 0 Å². The van der Waals surface area contributed by atoms with Crippen LogP contribution in [0.15, 0.2) is 0 Å². The van der Waals surface area contributed by atoms with Gasteiger partial charge in [-0.2, -0.15) is 11.8 Å². The molecule has 5 heteroatoms. The summed E-state index contributed by atoms with van der Waals surface area (Å²) in [6, 6.07) is -0.0675. The highest BCUT2D eigenvalue weighted by atomic mass is 32.2. The minimum atomic E-state index is -0.0675. The van der Waals surface area contributed by atoms with Crippen LogP contribution in [0.2, 0.25) is 0 Å².